The highest BCUT2D eigenvalue weighted by Gasteiger charge is 2.37. The van der Waals surface area contributed by atoms with Gasteiger partial charge in [-0.1, -0.05) is 12.1 Å². The Morgan fingerprint density at radius 2 is 2.10 bits per heavy atom. The molecule has 110 valence electrons. The number of amides is 3. The van der Waals surface area contributed by atoms with Crippen LogP contribution in [0.25, 0.3) is 0 Å². The lowest BCUT2D eigenvalue weighted by atomic mass is 10.1. The molecular weight excluding hydrogens is 270 g/mol. The quantitative estimate of drug-likeness (QED) is 0.765. The number of carbonyl (C=O) groups is 3. The first-order valence-electron chi connectivity index (χ1n) is 7.06. The van der Waals surface area contributed by atoms with Gasteiger partial charge in [-0.3, -0.25) is 19.7 Å². The highest BCUT2D eigenvalue weighted by Crippen LogP contribution is 2.28. The Morgan fingerprint density at radius 1 is 1.29 bits per heavy atom. The predicted octanol–water partition coefficient (Wildman–Crippen LogP) is 0.296. The van der Waals surface area contributed by atoms with Crippen LogP contribution in [0.2, 0.25) is 0 Å². The monoisotopic (exact) mass is 287 g/mol. The van der Waals surface area contributed by atoms with Crippen molar-refractivity contribution in [3.8, 4) is 0 Å². The molecule has 1 aromatic rings. The van der Waals surface area contributed by atoms with Crippen LogP contribution >= 0.6 is 0 Å². The molecule has 0 bridgehead atoms. The van der Waals surface area contributed by atoms with E-state index < -0.39 is 6.04 Å². The molecule has 1 saturated heterocycles. The Kier molecular flexibility index (Phi) is 3.47. The molecule has 1 fully saturated rings. The van der Waals surface area contributed by atoms with E-state index in [0.717, 1.165) is 11.1 Å². The van der Waals surface area contributed by atoms with Crippen molar-refractivity contribution < 1.29 is 14.4 Å². The molecule has 1 unspecified atom stereocenters. The molecule has 21 heavy (non-hydrogen) atoms. The van der Waals surface area contributed by atoms with Crippen molar-refractivity contribution in [1.82, 2.24) is 10.2 Å². The molecule has 0 aliphatic carbocycles. The van der Waals surface area contributed by atoms with E-state index in [1.165, 1.54) is 0 Å². The van der Waals surface area contributed by atoms with E-state index in [-0.39, 0.29) is 17.7 Å². The van der Waals surface area contributed by atoms with E-state index in [4.69, 9.17) is 5.73 Å². The summed E-state index contributed by atoms with van der Waals surface area (Å²) in [5, 5.41) is 2.35. The number of rotatable bonds is 2. The Bertz CT molecular complexity index is 627. The van der Waals surface area contributed by atoms with Gasteiger partial charge in [0.25, 0.3) is 5.91 Å². The Morgan fingerprint density at radius 3 is 2.86 bits per heavy atom. The van der Waals surface area contributed by atoms with Crippen molar-refractivity contribution in [3.63, 3.8) is 0 Å². The second-order valence-electron chi connectivity index (χ2n) is 5.45. The lowest BCUT2D eigenvalue weighted by Crippen LogP contribution is -2.46. The maximum atomic E-state index is 12.5. The van der Waals surface area contributed by atoms with Crippen LogP contribution in [0.5, 0.6) is 0 Å². The predicted molar refractivity (Wildman–Crippen MR) is 75.0 cm³/mol. The van der Waals surface area contributed by atoms with Gasteiger partial charge in [0.2, 0.25) is 11.8 Å². The first-order chi connectivity index (χ1) is 10.1. The molecule has 0 saturated carbocycles. The van der Waals surface area contributed by atoms with Crippen molar-refractivity contribution in [2.24, 2.45) is 5.73 Å². The van der Waals surface area contributed by atoms with E-state index in [9.17, 15) is 14.4 Å². The first-order valence-corrected chi connectivity index (χ1v) is 7.06. The molecule has 1 aromatic carbocycles. The normalized spacial score (nSPS) is 22.0. The minimum atomic E-state index is -0.572. The zero-order chi connectivity index (χ0) is 15.0. The van der Waals surface area contributed by atoms with Gasteiger partial charge in [0, 0.05) is 25.1 Å². The van der Waals surface area contributed by atoms with Crippen LogP contribution in [0.1, 0.15) is 40.7 Å². The van der Waals surface area contributed by atoms with Crippen molar-refractivity contribution in [1.29, 1.82) is 0 Å². The molecule has 3 rings (SSSR count). The molecule has 6 heteroatoms. The first kappa shape index (κ1) is 13.8. The third-order valence-electron chi connectivity index (χ3n) is 4.06. The molecule has 2 aliphatic rings. The average molecular weight is 287 g/mol. The lowest BCUT2D eigenvalue weighted by Gasteiger charge is -2.24. The fourth-order valence-electron chi connectivity index (χ4n) is 2.94. The maximum absolute atomic E-state index is 12.5. The molecular formula is C15H17N3O3. The molecule has 2 aliphatic heterocycles. The molecule has 1 atom stereocenters. The van der Waals surface area contributed by atoms with Gasteiger partial charge in [-0.05, 0) is 30.0 Å². The van der Waals surface area contributed by atoms with Crippen LogP contribution < -0.4 is 11.1 Å². The smallest absolute Gasteiger partial charge is 0.255 e. The standard InChI is InChI=1S/C15H17N3O3/c16-7-9-4-5-11-10(6-9)8-18(15(11)21)12-2-1-3-13(19)17-14(12)20/h4-6,12H,1-3,7-8,16H2,(H,17,19,20). The van der Waals surface area contributed by atoms with Gasteiger partial charge in [-0.15, -0.1) is 0 Å². The fourth-order valence-corrected chi connectivity index (χ4v) is 2.94. The summed E-state index contributed by atoms with van der Waals surface area (Å²) in [6, 6.07) is 4.93. The van der Waals surface area contributed by atoms with E-state index in [1.54, 1.807) is 11.0 Å². The average Bonchev–Trinajstić information content (AvgIpc) is 2.69. The number of hydrogen-bond acceptors (Lipinski definition) is 4. The molecule has 6 nitrogen and oxygen atoms in total. The van der Waals surface area contributed by atoms with Gasteiger partial charge >= 0.3 is 0 Å². The van der Waals surface area contributed by atoms with Crippen LogP contribution in [0.15, 0.2) is 18.2 Å². The van der Waals surface area contributed by atoms with Gasteiger partial charge in [-0.25, -0.2) is 0 Å². The maximum Gasteiger partial charge on any atom is 0.255 e. The third-order valence-corrected chi connectivity index (χ3v) is 4.06. The van der Waals surface area contributed by atoms with E-state index in [1.807, 2.05) is 12.1 Å². The van der Waals surface area contributed by atoms with Gasteiger partial charge < -0.3 is 10.6 Å². The van der Waals surface area contributed by atoms with Crippen LogP contribution in [0.4, 0.5) is 0 Å². The zero-order valence-corrected chi connectivity index (χ0v) is 11.6. The summed E-state index contributed by atoms with van der Waals surface area (Å²) in [5.41, 5.74) is 8.09. The van der Waals surface area contributed by atoms with E-state index >= 15 is 0 Å². The van der Waals surface area contributed by atoms with Crippen molar-refractivity contribution in [2.45, 2.75) is 38.4 Å². The zero-order valence-electron chi connectivity index (χ0n) is 11.6. The van der Waals surface area contributed by atoms with Crippen LogP contribution in [-0.4, -0.2) is 28.7 Å². The summed E-state index contributed by atoms with van der Waals surface area (Å²) in [7, 11) is 0. The summed E-state index contributed by atoms with van der Waals surface area (Å²) in [4.78, 5) is 37.5. The SMILES string of the molecule is NCc1ccc2c(c1)CN(C1CCCC(=O)NC1=O)C2=O. The van der Waals surface area contributed by atoms with Crippen LogP contribution in [-0.2, 0) is 22.7 Å². The number of imide groups is 1. The molecule has 0 aromatic heterocycles. The molecule has 3 amide bonds. The topological polar surface area (TPSA) is 92.5 Å². The summed E-state index contributed by atoms with van der Waals surface area (Å²) in [6.07, 6.45) is 1.45. The molecule has 2 heterocycles. The second kappa shape index (κ2) is 5.29. The van der Waals surface area contributed by atoms with Gasteiger partial charge in [0.15, 0.2) is 0 Å². The number of nitrogens with two attached hydrogens (primary N) is 1. The molecule has 0 spiro atoms. The van der Waals surface area contributed by atoms with Crippen molar-refractivity contribution >= 4 is 17.7 Å². The third kappa shape index (κ3) is 2.42. The number of nitrogens with zero attached hydrogens (tertiary/aromatic N) is 1. The Balaban J connectivity index is 1.86. The highest BCUT2D eigenvalue weighted by atomic mass is 16.2. The largest absolute Gasteiger partial charge is 0.326 e. The van der Waals surface area contributed by atoms with Gasteiger partial charge in [0.1, 0.15) is 6.04 Å². The number of nitrogens with one attached hydrogen (secondary N) is 1. The number of hydrogen-bond donors (Lipinski definition) is 2. The molecule has 0 radical (unpaired) electrons. The Hall–Kier alpha value is -2.21. The minimum absolute atomic E-state index is 0.150. The van der Waals surface area contributed by atoms with E-state index in [2.05, 4.69) is 5.32 Å². The summed E-state index contributed by atoms with van der Waals surface area (Å²) in [5.74, 6) is -0.794. The number of carbonyl (C=O) groups excluding carboxylic acids is 3. The molecule has 3 N–H and O–H groups in total. The second-order valence-corrected chi connectivity index (χ2v) is 5.45. The number of benzene rings is 1. The summed E-state index contributed by atoms with van der Waals surface area (Å²) < 4.78 is 0. The van der Waals surface area contributed by atoms with Gasteiger partial charge in [0.05, 0.1) is 0 Å². The van der Waals surface area contributed by atoms with E-state index in [0.29, 0.717) is 37.9 Å². The van der Waals surface area contributed by atoms with Crippen LogP contribution in [0.3, 0.4) is 0 Å². The van der Waals surface area contributed by atoms with Crippen molar-refractivity contribution in [2.75, 3.05) is 0 Å². The van der Waals surface area contributed by atoms with Crippen LogP contribution in [0, 0.1) is 0 Å². The fraction of sp³-hybridized carbons (Fsp3) is 0.400. The lowest BCUT2D eigenvalue weighted by molar-refractivity contribution is -0.132. The minimum Gasteiger partial charge on any atom is -0.326 e. The van der Waals surface area contributed by atoms with Crippen molar-refractivity contribution in [3.05, 3.63) is 34.9 Å². The summed E-state index contributed by atoms with van der Waals surface area (Å²) in [6.45, 7) is 0.814. The number of fused-ring (bicyclic) bond motifs is 1. The summed E-state index contributed by atoms with van der Waals surface area (Å²) >= 11 is 0. The van der Waals surface area contributed by atoms with Gasteiger partial charge in [-0.2, -0.15) is 0 Å². The Labute approximate surface area is 122 Å². The highest BCUT2D eigenvalue weighted by molar-refractivity contribution is 6.04.